The molecule has 20 heavy (non-hydrogen) atoms. The maximum Gasteiger partial charge on any atom is 0.0294 e. The third-order valence-corrected chi connectivity index (χ3v) is 5.09. The van der Waals surface area contributed by atoms with Crippen LogP contribution in [0.4, 0.5) is 0 Å². The van der Waals surface area contributed by atoms with Crippen LogP contribution in [0, 0.1) is 11.8 Å². The van der Waals surface area contributed by atoms with Crippen molar-refractivity contribution in [3.63, 3.8) is 0 Å². The van der Waals surface area contributed by atoms with Gasteiger partial charge in [-0.2, -0.15) is 0 Å². The highest BCUT2D eigenvalue weighted by Gasteiger charge is 2.24. The summed E-state index contributed by atoms with van der Waals surface area (Å²) in [5.41, 5.74) is 2.85. The van der Waals surface area contributed by atoms with E-state index in [0.29, 0.717) is 12.1 Å². The molecule has 0 heterocycles. The molecule has 1 nitrogen and oxygen atoms in total. The molecule has 1 N–H and O–H groups in total. The van der Waals surface area contributed by atoms with Crippen molar-refractivity contribution in [1.29, 1.82) is 0 Å². The summed E-state index contributed by atoms with van der Waals surface area (Å²) in [4.78, 5) is 0. The predicted molar refractivity (Wildman–Crippen MR) is 88.0 cm³/mol. The van der Waals surface area contributed by atoms with E-state index in [1.807, 2.05) is 0 Å². The van der Waals surface area contributed by atoms with Gasteiger partial charge < -0.3 is 5.32 Å². The number of hydrogen-bond donors (Lipinski definition) is 1. The van der Waals surface area contributed by atoms with Gasteiger partial charge in [0.25, 0.3) is 0 Å². The molecule has 0 radical (unpaired) electrons. The number of aryl methyl sites for hydroxylation is 1. The molecule has 0 aliphatic heterocycles. The highest BCUT2D eigenvalue weighted by Crippen LogP contribution is 2.30. The van der Waals surface area contributed by atoms with Gasteiger partial charge in [0.1, 0.15) is 0 Å². The van der Waals surface area contributed by atoms with Crippen molar-refractivity contribution >= 4 is 0 Å². The average molecular weight is 273 g/mol. The van der Waals surface area contributed by atoms with Crippen LogP contribution in [-0.2, 0) is 6.42 Å². The second-order valence-corrected chi connectivity index (χ2v) is 6.84. The molecule has 1 atom stereocenters. The van der Waals surface area contributed by atoms with Gasteiger partial charge in [0.2, 0.25) is 0 Å². The maximum atomic E-state index is 3.83. The smallest absolute Gasteiger partial charge is 0.0294 e. The van der Waals surface area contributed by atoms with Crippen molar-refractivity contribution in [2.75, 3.05) is 0 Å². The van der Waals surface area contributed by atoms with Gasteiger partial charge in [0.05, 0.1) is 0 Å². The Labute approximate surface area is 125 Å². The predicted octanol–water partition coefficient (Wildman–Crippen LogP) is 5.11. The van der Waals surface area contributed by atoms with Crippen LogP contribution in [-0.4, -0.2) is 6.04 Å². The molecule has 0 aromatic heterocycles. The van der Waals surface area contributed by atoms with E-state index >= 15 is 0 Å². The number of hydrogen-bond acceptors (Lipinski definition) is 1. The quantitative estimate of drug-likeness (QED) is 0.785. The van der Waals surface area contributed by atoms with Gasteiger partial charge in [-0.05, 0) is 62.0 Å². The Kier molecular flexibility index (Phi) is 5.65. The fourth-order valence-electron chi connectivity index (χ4n) is 3.44. The first kappa shape index (κ1) is 15.6. The summed E-state index contributed by atoms with van der Waals surface area (Å²) in [5.74, 6) is 1.81. The van der Waals surface area contributed by atoms with Gasteiger partial charge >= 0.3 is 0 Å². The molecular weight excluding hydrogens is 242 g/mol. The SMILES string of the molecule is CCc1ccc(C(C)NC2CCC(C(C)C)CC2)cc1. The minimum absolute atomic E-state index is 0.474. The van der Waals surface area contributed by atoms with Crippen LogP contribution in [0.2, 0.25) is 0 Å². The monoisotopic (exact) mass is 273 g/mol. The van der Waals surface area contributed by atoms with E-state index in [4.69, 9.17) is 0 Å². The Morgan fingerprint density at radius 3 is 2.10 bits per heavy atom. The Balaban J connectivity index is 1.84. The molecule has 0 bridgehead atoms. The third kappa shape index (κ3) is 4.09. The fraction of sp³-hybridized carbons (Fsp3) is 0.684. The van der Waals surface area contributed by atoms with E-state index in [9.17, 15) is 0 Å². The molecule has 1 aliphatic rings. The van der Waals surface area contributed by atoms with Crippen molar-refractivity contribution in [1.82, 2.24) is 5.32 Å². The zero-order chi connectivity index (χ0) is 14.5. The first-order valence-electron chi connectivity index (χ1n) is 8.45. The van der Waals surface area contributed by atoms with E-state index in [2.05, 4.69) is 57.3 Å². The molecule has 0 spiro atoms. The largest absolute Gasteiger partial charge is 0.307 e. The summed E-state index contributed by atoms with van der Waals surface area (Å²) in [6.07, 6.45) is 6.62. The lowest BCUT2D eigenvalue weighted by atomic mass is 9.79. The van der Waals surface area contributed by atoms with Gasteiger partial charge in [0, 0.05) is 12.1 Å². The molecule has 1 saturated carbocycles. The maximum absolute atomic E-state index is 3.83. The fourth-order valence-corrected chi connectivity index (χ4v) is 3.44. The van der Waals surface area contributed by atoms with Crippen LogP contribution >= 0.6 is 0 Å². The number of benzene rings is 1. The van der Waals surface area contributed by atoms with Gasteiger partial charge in [-0.3, -0.25) is 0 Å². The average Bonchev–Trinajstić information content (AvgIpc) is 2.48. The van der Waals surface area contributed by atoms with Gasteiger partial charge in [-0.1, -0.05) is 45.0 Å². The minimum Gasteiger partial charge on any atom is -0.307 e. The molecule has 1 heteroatoms. The van der Waals surface area contributed by atoms with Gasteiger partial charge in [0.15, 0.2) is 0 Å². The van der Waals surface area contributed by atoms with E-state index < -0.39 is 0 Å². The summed E-state index contributed by atoms with van der Waals surface area (Å²) in [5, 5.41) is 3.83. The molecule has 1 fully saturated rings. The van der Waals surface area contributed by atoms with Crippen molar-refractivity contribution in [3.8, 4) is 0 Å². The van der Waals surface area contributed by atoms with Crippen molar-refractivity contribution < 1.29 is 0 Å². The van der Waals surface area contributed by atoms with Crippen LogP contribution < -0.4 is 5.32 Å². The molecule has 0 amide bonds. The molecule has 112 valence electrons. The molecule has 1 aromatic rings. The standard InChI is InChI=1S/C19H31N/c1-5-16-6-8-18(9-7-16)15(4)20-19-12-10-17(11-13-19)14(2)3/h6-9,14-15,17,19-20H,5,10-13H2,1-4H3. The molecule has 0 saturated heterocycles. The Morgan fingerprint density at radius 2 is 1.60 bits per heavy atom. The van der Waals surface area contributed by atoms with Crippen LogP contribution in [0.15, 0.2) is 24.3 Å². The second kappa shape index (κ2) is 7.26. The van der Waals surface area contributed by atoms with E-state index in [1.54, 1.807) is 0 Å². The zero-order valence-corrected chi connectivity index (χ0v) is 13.7. The first-order chi connectivity index (χ1) is 9.60. The van der Waals surface area contributed by atoms with Crippen LogP contribution in [0.3, 0.4) is 0 Å². The zero-order valence-electron chi connectivity index (χ0n) is 13.7. The molecular formula is C19H31N. The molecule has 1 unspecified atom stereocenters. The topological polar surface area (TPSA) is 12.0 Å². The highest BCUT2D eigenvalue weighted by atomic mass is 14.9. The van der Waals surface area contributed by atoms with Gasteiger partial charge in [-0.25, -0.2) is 0 Å². The third-order valence-electron chi connectivity index (χ3n) is 5.09. The van der Waals surface area contributed by atoms with Crippen LogP contribution in [0.1, 0.15) is 70.5 Å². The summed E-state index contributed by atoms with van der Waals surface area (Å²) in [7, 11) is 0. The lowest BCUT2D eigenvalue weighted by Crippen LogP contribution is -2.35. The summed E-state index contributed by atoms with van der Waals surface area (Å²) < 4.78 is 0. The lowest BCUT2D eigenvalue weighted by molar-refractivity contribution is 0.231. The summed E-state index contributed by atoms with van der Waals surface area (Å²) in [6.45, 7) is 9.26. The molecule has 2 rings (SSSR count). The Morgan fingerprint density at radius 1 is 1.00 bits per heavy atom. The first-order valence-corrected chi connectivity index (χ1v) is 8.45. The van der Waals surface area contributed by atoms with Crippen LogP contribution in [0.25, 0.3) is 0 Å². The Bertz CT molecular complexity index is 385. The Hall–Kier alpha value is -0.820. The van der Waals surface area contributed by atoms with Crippen molar-refractivity contribution in [2.45, 2.75) is 71.9 Å². The highest BCUT2D eigenvalue weighted by molar-refractivity contribution is 5.24. The molecule has 1 aliphatic carbocycles. The second-order valence-electron chi connectivity index (χ2n) is 6.84. The lowest BCUT2D eigenvalue weighted by Gasteiger charge is -2.33. The van der Waals surface area contributed by atoms with Crippen molar-refractivity contribution in [2.24, 2.45) is 11.8 Å². The van der Waals surface area contributed by atoms with Crippen molar-refractivity contribution in [3.05, 3.63) is 35.4 Å². The number of nitrogens with one attached hydrogen (secondary N) is 1. The van der Waals surface area contributed by atoms with Gasteiger partial charge in [-0.15, -0.1) is 0 Å². The van der Waals surface area contributed by atoms with E-state index in [-0.39, 0.29) is 0 Å². The normalized spacial score (nSPS) is 24.9. The molecule has 1 aromatic carbocycles. The van der Waals surface area contributed by atoms with E-state index in [1.165, 1.54) is 36.8 Å². The number of rotatable bonds is 5. The summed E-state index contributed by atoms with van der Waals surface area (Å²) in [6, 6.07) is 10.3. The van der Waals surface area contributed by atoms with Crippen LogP contribution in [0.5, 0.6) is 0 Å². The minimum atomic E-state index is 0.474. The van der Waals surface area contributed by atoms with E-state index in [0.717, 1.165) is 18.3 Å². The summed E-state index contributed by atoms with van der Waals surface area (Å²) >= 11 is 0.